The monoisotopic (exact) mass is 195 g/mol. The standard InChI is InChI=1S/C13H25N/c1-13(2)10-12(13)14-11-8-6-4-3-5-7-9-11/h11-12,14H,3-10H2,1-2H3. The van der Waals surface area contributed by atoms with Gasteiger partial charge in [-0.05, 0) is 24.7 Å². The molecule has 0 aromatic rings. The van der Waals surface area contributed by atoms with Gasteiger partial charge >= 0.3 is 0 Å². The maximum atomic E-state index is 3.85. The number of rotatable bonds is 2. The van der Waals surface area contributed by atoms with E-state index in [1.54, 1.807) is 0 Å². The summed E-state index contributed by atoms with van der Waals surface area (Å²) >= 11 is 0. The zero-order valence-electron chi connectivity index (χ0n) is 9.81. The van der Waals surface area contributed by atoms with Gasteiger partial charge in [-0.25, -0.2) is 0 Å². The van der Waals surface area contributed by atoms with Gasteiger partial charge in [0.05, 0.1) is 0 Å². The zero-order chi connectivity index (χ0) is 10.0. The molecule has 1 unspecified atom stereocenters. The minimum absolute atomic E-state index is 0.600. The Bertz CT molecular complexity index is 178. The van der Waals surface area contributed by atoms with Crippen molar-refractivity contribution in [3.8, 4) is 0 Å². The largest absolute Gasteiger partial charge is 0.311 e. The molecule has 2 rings (SSSR count). The highest BCUT2D eigenvalue weighted by atomic mass is 15.0. The predicted molar refractivity (Wildman–Crippen MR) is 61.4 cm³/mol. The maximum absolute atomic E-state index is 3.85. The quantitative estimate of drug-likeness (QED) is 0.711. The van der Waals surface area contributed by atoms with Gasteiger partial charge in [0.1, 0.15) is 0 Å². The van der Waals surface area contributed by atoms with E-state index in [9.17, 15) is 0 Å². The average Bonchev–Trinajstić information content (AvgIpc) is 2.64. The summed E-state index contributed by atoms with van der Waals surface area (Å²) in [7, 11) is 0. The fraction of sp³-hybridized carbons (Fsp3) is 1.00. The molecule has 0 saturated heterocycles. The Labute approximate surface area is 88.7 Å². The van der Waals surface area contributed by atoms with Crippen LogP contribution in [0.15, 0.2) is 0 Å². The summed E-state index contributed by atoms with van der Waals surface area (Å²) in [6.45, 7) is 4.77. The van der Waals surface area contributed by atoms with Gasteiger partial charge < -0.3 is 5.32 Å². The van der Waals surface area contributed by atoms with Crippen LogP contribution in [0.2, 0.25) is 0 Å². The second kappa shape index (κ2) is 4.22. The van der Waals surface area contributed by atoms with Crippen molar-refractivity contribution < 1.29 is 0 Å². The fourth-order valence-electron chi connectivity index (χ4n) is 2.66. The topological polar surface area (TPSA) is 12.0 Å². The SMILES string of the molecule is CC1(C)CC1NC1CCCCCCC1. The van der Waals surface area contributed by atoms with Crippen molar-refractivity contribution >= 4 is 0 Å². The first kappa shape index (κ1) is 10.5. The van der Waals surface area contributed by atoms with Crippen molar-refractivity contribution in [2.45, 2.75) is 77.3 Å². The Morgan fingerprint density at radius 1 is 0.929 bits per heavy atom. The molecule has 14 heavy (non-hydrogen) atoms. The summed E-state index contributed by atoms with van der Waals surface area (Å²) in [4.78, 5) is 0. The second-order valence-electron chi connectivity index (χ2n) is 5.95. The minimum Gasteiger partial charge on any atom is -0.311 e. The summed E-state index contributed by atoms with van der Waals surface area (Å²) in [5.41, 5.74) is 0.600. The van der Waals surface area contributed by atoms with E-state index in [0.717, 1.165) is 12.1 Å². The van der Waals surface area contributed by atoms with Crippen molar-refractivity contribution in [1.82, 2.24) is 5.32 Å². The van der Waals surface area contributed by atoms with Crippen LogP contribution in [-0.4, -0.2) is 12.1 Å². The summed E-state index contributed by atoms with van der Waals surface area (Å²) < 4.78 is 0. The first-order valence-electron chi connectivity index (χ1n) is 6.44. The summed E-state index contributed by atoms with van der Waals surface area (Å²) in [6.07, 6.45) is 11.5. The average molecular weight is 195 g/mol. The third-order valence-corrected chi connectivity index (χ3v) is 4.06. The lowest BCUT2D eigenvalue weighted by molar-refractivity contribution is 0.371. The van der Waals surface area contributed by atoms with Gasteiger partial charge in [-0.1, -0.05) is 46.0 Å². The Morgan fingerprint density at radius 2 is 1.43 bits per heavy atom. The van der Waals surface area contributed by atoms with Crippen LogP contribution < -0.4 is 5.32 Å². The predicted octanol–water partition coefficient (Wildman–Crippen LogP) is 3.49. The van der Waals surface area contributed by atoms with Crippen LogP contribution in [0.4, 0.5) is 0 Å². The van der Waals surface area contributed by atoms with Crippen molar-refractivity contribution in [2.75, 3.05) is 0 Å². The van der Waals surface area contributed by atoms with Crippen molar-refractivity contribution in [3.05, 3.63) is 0 Å². The Balaban J connectivity index is 1.73. The third kappa shape index (κ3) is 2.73. The van der Waals surface area contributed by atoms with Crippen LogP contribution in [0.5, 0.6) is 0 Å². The third-order valence-electron chi connectivity index (χ3n) is 4.06. The Hall–Kier alpha value is -0.0400. The van der Waals surface area contributed by atoms with E-state index in [0.29, 0.717) is 5.41 Å². The Kier molecular flexibility index (Phi) is 3.16. The zero-order valence-corrected chi connectivity index (χ0v) is 9.81. The Morgan fingerprint density at radius 3 is 1.93 bits per heavy atom. The normalized spacial score (nSPS) is 33.4. The number of nitrogens with one attached hydrogen (secondary N) is 1. The number of hydrogen-bond donors (Lipinski definition) is 1. The molecule has 2 aliphatic carbocycles. The van der Waals surface area contributed by atoms with E-state index >= 15 is 0 Å². The molecule has 2 aliphatic rings. The highest BCUT2D eigenvalue weighted by molar-refractivity contribution is 5.02. The molecule has 1 N–H and O–H groups in total. The van der Waals surface area contributed by atoms with Gasteiger partial charge in [0.15, 0.2) is 0 Å². The maximum Gasteiger partial charge on any atom is 0.0127 e. The minimum atomic E-state index is 0.600. The van der Waals surface area contributed by atoms with Crippen molar-refractivity contribution in [2.24, 2.45) is 5.41 Å². The van der Waals surface area contributed by atoms with Gasteiger partial charge in [-0.15, -0.1) is 0 Å². The van der Waals surface area contributed by atoms with Gasteiger partial charge in [-0.3, -0.25) is 0 Å². The molecule has 82 valence electrons. The summed E-state index contributed by atoms with van der Waals surface area (Å²) in [5, 5.41) is 3.85. The van der Waals surface area contributed by atoms with Gasteiger partial charge in [-0.2, -0.15) is 0 Å². The molecular weight excluding hydrogens is 170 g/mol. The molecule has 0 spiro atoms. The second-order valence-corrected chi connectivity index (χ2v) is 5.95. The number of hydrogen-bond acceptors (Lipinski definition) is 1. The molecule has 0 aromatic heterocycles. The summed E-state index contributed by atoms with van der Waals surface area (Å²) in [6, 6.07) is 1.66. The molecule has 0 bridgehead atoms. The molecule has 1 nitrogen and oxygen atoms in total. The van der Waals surface area contributed by atoms with Gasteiger partial charge in [0, 0.05) is 12.1 Å². The molecule has 1 atom stereocenters. The van der Waals surface area contributed by atoms with Crippen LogP contribution in [-0.2, 0) is 0 Å². The van der Waals surface area contributed by atoms with E-state index in [2.05, 4.69) is 19.2 Å². The molecule has 0 heterocycles. The van der Waals surface area contributed by atoms with E-state index in [-0.39, 0.29) is 0 Å². The molecule has 0 amide bonds. The van der Waals surface area contributed by atoms with E-state index in [1.807, 2.05) is 0 Å². The van der Waals surface area contributed by atoms with Crippen molar-refractivity contribution in [1.29, 1.82) is 0 Å². The molecule has 2 saturated carbocycles. The van der Waals surface area contributed by atoms with Crippen LogP contribution in [0.25, 0.3) is 0 Å². The van der Waals surface area contributed by atoms with E-state index in [1.165, 1.54) is 51.4 Å². The summed E-state index contributed by atoms with van der Waals surface area (Å²) in [5.74, 6) is 0. The molecule has 1 heteroatoms. The fourth-order valence-corrected chi connectivity index (χ4v) is 2.66. The first-order chi connectivity index (χ1) is 6.68. The van der Waals surface area contributed by atoms with Crippen LogP contribution in [0, 0.1) is 5.41 Å². The highest BCUT2D eigenvalue weighted by Crippen LogP contribution is 2.45. The van der Waals surface area contributed by atoms with Crippen molar-refractivity contribution in [3.63, 3.8) is 0 Å². The van der Waals surface area contributed by atoms with E-state index in [4.69, 9.17) is 0 Å². The smallest absolute Gasteiger partial charge is 0.0127 e. The molecular formula is C13H25N. The molecule has 0 radical (unpaired) electrons. The van der Waals surface area contributed by atoms with E-state index < -0.39 is 0 Å². The highest BCUT2D eigenvalue weighted by Gasteiger charge is 2.46. The molecule has 2 fully saturated rings. The first-order valence-corrected chi connectivity index (χ1v) is 6.44. The van der Waals surface area contributed by atoms with Gasteiger partial charge in [0.2, 0.25) is 0 Å². The lowest BCUT2D eigenvalue weighted by atomic mass is 9.96. The van der Waals surface area contributed by atoms with Gasteiger partial charge in [0.25, 0.3) is 0 Å². The molecule has 0 aliphatic heterocycles. The van der Waals surface area contributed by atoms with Crippen LogP contribution in [0.3, 0.4) is 0 Å². The van der Waals surface area contributed by atoms with Crippen LogP contribution in [0.1, 0.15) is 65.2 Å². The molecule has 0 aromatic carbocycles. The lowest BCUT2D eigenvalue weighted by Crippen LogP contribution is -2.33. The van der Waals surface area contributed by atoms with Crippen LogP contribution >= 0.6 is 0 Å². The lowest BCUT2D eigenvalue weighted by Gasteiger charge is -2.22.